The highest BCUT2D eigenvalue weighted by molar-refractivity contribution is 5.23. The van der Waals surface area contributed by atoms with E-state index in [2.05, 4.69) is 24.8 Å². The minimum atomic E-state index is -0.444. The first-order valence-corrected chi connectivity index (χ1v) is 10.2. The van der Waals surface area contributed by atoms with Crippen LogP contribution in [0.4, 0.5) is 0 Å². The van der Waals surface area contributed by atoms with Gasteiger partial charge >= 0.3 is 0 Å². The van der Waals surface area contributed by atoms with Crippen molar-refractivity contribution in [3.63, 3.8) is 0 Å². The van der Waals surface area contributed by atoms with Crippen LogP contribution in [0.2, 0.25) is 0 Å². The minimum Gasteiger partial charge on any atom is -0.393 e. The zero-order chi connectivity index (χ0) is 18.0. The largest absolute Gasteiger partial charge is 0.393 e. The van der Waals surface area contributed by atoms with E-state index < -0.39 is 6.10 Å². The second-order valence-electron chi connectivity index (χ2n) is 9.22. The summed E-state index contributed by atoms with van der Waals surface area (Å²) in [4.78, 5) is 2.35. The number of nitrogens with zero attached hydrogens (tertiary/aromatic N) is 1. The molecule has 0 amide bonds. The Morgan fingerprint density at radius 3 is 2.80 bits per heavy atom. The highest BCUT2D eigenvalue weighted by atomic mass is 16.5. The van der Waals surface area contributed by atoms with Crippen molar-refractivity contribution in [2.75, 3.05) is 26.3 Å². The van der Waals surface area contributed by atoms with E-state index in [1.54, 1.807) is 0 Å². The Kier molecular flexibility index (Phi) is 6.25. The van der Waals surface area contributed by atoms with E-state index in [0.717, 1.165) is 25.3 Å². The molecule has 0 aromatic carbocycles. The molecule has 1 heterocycles. The van der Waals surface area contributed by atoms with Crippen molar-refractivity contribution in [1.82, 2.24) is 4.90 Å². The number of fused-ring (bicyclic) bond motifs is 1. The highest BCUT2D eigenvalue weighted by Gasteiger charge is 2.50. The number of aliphatic hydroxyl groups is 2. The van der Waals surface area contributed by atoms with Crippen LogP contribution in [0.3, 0.4) is 0 Å². The molecular formula is C21H37NO3. The van der Waals surface area contributed by atoms with E-state index in [9.17, 15) is 10.2 Å². The van der Waals surface area contributed by atoms with Crippen molar-refractivity contribution in [2.24, 2.45) is 17.3 Å². The van der Waals surface area contributed by atoms with Gasteiger partial charge in [0.25, 0.3) is 0 Å². The van der Waals surface area contributed by atoms with E-state index in [1.165, 1.54) is 31.3 Å². The summed E-state index contributed by atoms with van der Waals surface area (Å²) in [7, 11) is 0. The molecule has 1 saturated carbocycles. The molecule has 2 fully saturated rings. The summed E-state index contributed by atoms with van der Waals surface area (Å²) in [6.45, 7) is 9.39. The van der Waals surface area contributed by atoms with Crippen LogP contribution in [0.1, 0.15) is 59.3 Å². The summed E-state index contributed by atoms with van der Waals surface area (Å²) in [5, 5.41) is 20.1. The maximum absolute atomic E-state index is 10.4. The normalized spacial score (nSPS) is 34.1. The van der Waals surface area contributed by atoms with Crippen LogP contribution in [0.15, 0.2) is 11.6 Å². The van der Waals surface area contributed by atoms with Gasteiger partial charge in [0.15, 0.2) is 0 Å². The van der Waals surface area contributed by atoms with E-state index in [0.29, 0.717) is 37.1 Å². The lowest BCUT2D eigenvalue weighted by molar-refractivity contribution is -0.0299. The quantitative estimate of drug-likeness (QED) is 0.660. The molecule has 4 rings (SSSR count). The summed E-state index contributed by atoms with van der Waals surface area (Å²) in [6, 6.07) is 0.400. The van der Waals surface area contributed by atoms with Gasteiger partial charge in [-0.3, -0.25) is 4.90 Å². The topological polar surface area (TPSA) is 52.9 Å². The average molecular weight is 352 g/mol. The molecule has 5 unspecified atom stereocenters. The average Bonchev–Trinajstić information content (AvgIpc) is 2.56. The Balaban J connectivity index is 1.40. The molecule has 4 nitrogen and oxygen atoms in total. The number of β-amino-alcohol motifs (C(OH)–C–C–N with tert-alkyl or cyclic N) is 1. The standard InChI is InChI=1S/C21H37NO3/c1-15(23)10-18-6-4-5-9-22(18)12-19(24)14-25-13-16-7-8-17-11-20(16)21(17,2)3/h7,15,17-20,23-24H,4-6,8-14H2,1-3H3. The number of likely N-dealkylation sites (tertiary alicyclic amines) is 1. The third kappa shape index (κ3) is 4.47. The van der Waals surface area contributed by atoms with Gasteiger partial charge in [-0.1, -0.05) is 26.3 Å². The number of ether oxygens (including phenoxy) is 1. The summed E-state index contributed by atoms with van der Waals surface area (Å²) < 4.78 is 5.89. The zero-order valence-electron chi connectivity index (χ0n) is 16.3. The molecule has 2 bridgehead atoms. The lowest BCUT2D eigenvalue weighted by atomic mass is 9.49. The first-order chi connectivity index (χ1) is 11.9. The number of hydrogen-bond acceptors (Lipinski definition) is 4. The Hall–Kier alpha value is -0.420. The monoisotopic (exact) mass is 351 g/mol. The van der Waals surface area contributed by atoms with Gasteiger partial charge < -0.3 is 14.9 Å². The summed E-state index contributed by atoms with van der Waals surface area (Å²) in [5.41, 5.74) is 1.89. The lowest BCUT2D eigenvalue weighted by Gasteiger charge is -2.56. The molecule has 1 aliphatic heterocycles. The maximum atomic E-state index is 10.4. The molecule has 0 spiro atoms. The molecule has 4 heteroatoms. The van der Waals surface area contributed by atoms with Gasteiger partial charge in [0.05, 0.1) is 25.4 Å². The fraction of sp³-hybridized carbons (Fsp3) is 0.905. The van der Waals surface area contributed by atoms with E-state index in [4.69, 9.17) is 4.74 Å². The fourth-order valence-electron chi connectivity index (χ4n) is 5.24. The van der Waals surface area contributed by atoms with Gasteiger partial charge in [0.1, 0.15) is 0 Å². The van der Waals surface area contributed by atoms with Gasteiger partial charge in [-0.15, -0.1) is 0 Å². The predicted molar refractivity (Wildman–Crippen MR) is 100 cm³/mol. The zero-order valence-corrected chi connectivity index (χ0v) is 16.3. The molecule has 3 aliphatic carbocycles. The van der Waals surface area contributed by atoms with Gasteiger partial charge in [-0.2, -0.15) is 0 Å². The summed E-state index contributed by atoms with van der Waals surface area (Å²) in [6.07, 6.45) is 8.52. The van der Waals surface area contributed by atoms with E-state index in [1.807, 2.05) is 6.92 Å². The smallest absolute Gasteiger partial charge is 0.0900 e. The first-order valence-electron chi connectivity index (χ1n) is 10.2. The Morgan fingerprint density at radius 2 is 2.12 bits per heavy atom. The van der Waals surface area contributed by atoms with Gasteiger partial charge in [-0.05, 0) is 68.4 Å². The van der Waals surface area contributed by atoms with Gasteiger partial charge in [0, 0.05) is 12.6 Å². The number of allylic oxidation sites excluding steroid dienone is 1. The Labute approximate surface area is 153 Å². The van der Waals surface area contributed by atoms with Crippen LogP contribution in [0, 0.1) is 17.3 Å². The van der Waals surface area contributed by atoms with Crippen LogP contribution in [-0.2, 0) is 4.74 Å². The van der Waals surface area contributed by atoms with Crippen molar-refractivity contribution in [2.45, 2.75) is 77.5 Å². The molecule has 4 aliphatic rings. The van der Waals surface area contributed by atoms with Crippen molar-refractivity contribution >= 4 is 0 Å². The first kappa shape index (κ1) is 19.3. The molecule has 0 aromatic heterocycles. The van der Waals surface area contributed by atoms with Gasteiger partial charge in [0.2, 0.25) is 0 Å². The Bertz CT molecular complexity index is 474. The summed E-state index contributed by atoms with van der Waals surface area (Å²) in [5.74, 6) is 1.54. The van der Waals surface area contributed by atoms with Crippen molar-refractivity contribution in [1.29, 1.82) is 0 Å². The molecule has 144 valence electrons. The highest BCUT2D eigenvalue weighted by Crippen LogP contribution is 2.59. The van der Waals surface area contributed by atoms with Crippen molar-refractivity contribution in [3.05, 3.63) is 11.6 Å². The predicted octanol–water partition coefficient (Wildman–Crippen LogP) is 2.98. The number of hydrogen-bond donors (Lipinski definition) is 2. The van der Waals surface area contributed by atoms with Crippen molar-refractivity contribution in [3.8, 4) is 0 Å². The lowest BCUT2D eigenvalue weighted by Crippen LogP contribution is -2.49. The third-order valence-corrected chi connectivity index (χ3v) is 6.97. The second kappa shape index (κ2) is 8.08. The maximum Gasteiger partial charge on any atom is 0.0900 e. The number of piperidine rings is 1. The molecule has 0 aromatic rings. The molecule has 0 radical (unpaired) electrons. The van der Waals surface area contributed by atoms with Crippen LogP contribution in [0.5, 0.6) is 0 Å². The molecule has 2 N–H and O–H groups in total. The fourth-order valence-corrected chi connectivity index (χ4v) is 5.24. The SMILES string of the molecule is CC(O)CC1CCCCN1CC(O)COCC1=CCC2CC1C2(C)C. The number of rotatable bonds is 8. The molecule has 1 saturated heterocycles. The van der Waals surface area contributed by atoms with Crippen LogP contribution in [0.25, 0.3) is 0 Å². The molecule has 5 atom stereocenters. The molecular weight excluding hydrogens is 314 g/mol. The van der Waals surface area contributed by atoms with Crippen LogP contribution >= 0.6 is 0 Å². The van der Waals surface area contributed by atoms with E-state index >= 15 is 0 Å². The van der Waals surface area contributed by atoms with Crippen LogP contribution in [-0.4, -0.2) is 59.7 Å². The minimum absolute atomic E-state index is 0.271. The second-order valence-corrected chi connectivity index (χ2v) is 9.22. The third-order valence-electron chi connectivity index (χ3n) is 6.97. The Morgan fingerprint density at radius 1 is 1.32 bits per heavy atom. The summed E-state index contributed by atoms with van der Waals surface area (Å²) >= 11 is 0. The van der Waals surface area contributed by atoms with Crippen LogP contribution < -0.4 is 0 Å². The molecule has 25 heavy (non-hydrogen) atoms. The van der Waals surface area contributed by atoms with Gasteiger partial charge in [-0.25, -0.2) is 0 Å². The number of aliphatic hydroxyl groups excluding tert-OH is 2. The van der Waals surface area contributed by atoms with E-state index in [-0.39, 0.29) is 6.10 Å². The van der Waals surface area contributed by atoms with Crippen molar-refractivity contribution < 1.29 is 14.9 Å².